The SMILES string of the molecule is CCN1CC(NC(=O)c2cc(Cl)c(N)cc2OC)CN1CC.O=C(O)C=CC(=O)O. The van der Waals surface area contributed by atoms with E-state index in [1.54, 1.807) is 12.1 Å². The first-order valence-corrected chi connectivity index (χ1v) is 9.58. The highest BCUT2D eigenvalue weighted by Crippen LogP contribution is 2.29. The zero-order valence-corrected chi connectivity index (χ0v) is 17.8. The maximum Gasteiger partial charge on any atom is 0.328 e. The van der Waals surface area contributed by atoms with Crippen LogP contribution in [0.25, 0.3) is 0 Å². The van der Waals surface area contributed by atoms with Crippen LogP contribution < -0.4 is 15.8 Å². The van der Waals surface area contributed by atoms with Crippen LogP contribution in [-0.4, -0.2) is 77.4 Å². The highest BCUT2D eigenvalue weighted by molar-refractivity contribution is 6.33. The molecule has 0 atom stereocenters. The molecular formula is C19H27ClN4O6. The van der Waals surface area contributed by atoms with Gasteiger partial charge in [-0.2, -0.15) is 0 Å². The van der Waals surface area contributed by atoms with Gasteiger partial charge in [0.15, 0.2) is 0 Å². The van der Waals surface area contributed by atoms with E-state index in [1.807, 2.05) is 0 Å². The van der Waals surface area contributed by atoms with Gasteiger partial charge in [0, 0.05) is 44.4 Å². The number of nitrogen functional groups attached to an aromatic ring is 1. The molecule has 0 aromatic heterocycles. The van der Waals surface area contributed by atoms with Crippen molar-refractivity contribution in [2.45, 2.75) is 19.9 Å². The Morgan fingerprint density at radius 2 is 1.67 bits per heavy atom. The number of amides is 1. The summed E-state index contributed by atoms with van der Waals surface area (Å²) in [5.74, 6) is -2.28. The number of anilines is 1. The fraction of sp³-hybridized carbons (Fsp3) is 0.421. The average Bonchev–Trinajstić information content (AvgIpc) is 3.10. The summed E-state index contributed by atoms with van der Waals surface area (Å²) < 4.78 is 5.23. The van der Waals surface area contributed by atoms with E-state index in [0.29, 0.717) is 34.2 Å². The van der Waals surface area contributed by atoms with Crippen molar-refractivity contribution >= 4 is 35.1 Å². The van der Waals surface area contributed by atoms with Gasteiger partial charge in [-0.1, -0.05) is 25.4 Å². The minimum absolute atomic E-state index is 0.0773. The number of carbonyl (C=O) groups excluding carboxylic acids is 1. The van der Waals surface area contributed by atoms with E-state index < -0.39 is 11.9 Å². The Labute approximate surface area is 179 Å². The van der Waals surface area contributed by atoms with Crippen LogP contribution in [0.15, 0.2) is 24.3 Å². The summed E-state index contributed by atoms with van der Waals surface area (Å²) >= 11 is 6.02. The number of benzene rings is 1. The van der Waals surface area contributed by atoms with Gasteiger partial charge in [-0.3, -0.25) is 4.79 Å². The van der Waals surface area contributed by atoms with Crippen LogP contribution >= 0.6 is 11.6 Å². The maximum atomic E-state index is 12.5. The molecule has 0 spiro atoms. The van der Waals surface area contributed by atoms with Crippen molar-refractivity contribution in [2.24, 2.45) is 0 Å². The van der Waals surface area contributed by atoms with Crippen LogP contribution in [0.1, 0.15) is 24.2 Å². The zero-order valence-electron chi connectivity index (χ0n) is 17.1. The van der Waals surface area contributed by atoms with E-state index >= 15 is 0 Å². The fourth-order valence-electron chi connectivity index (χ4n) is 2.87. The number of carboxylic acid groups (broad SMARTS) is 2. The van der Waals surface area contributed by atoms with Crippen LogP contribution in [-0.2, 0) is 9.59 Å². The quantitative estimate of drug-likeness (QED) is 0.362. The van der Waals surface area contributed by atoms with Gasteiger partial charge in [0.25, 0.3) is 5.91 Å². The number of rotatable bonds is 7. The van der Waals surface area contributed by atoms with Gasteiger partial charge < -0.3 is 26.0 Å². The van der Waals surface area contributed by atoms with E-state index in [0.717, 1.165) is 26.2 Å². The number of likely N-dealkylation sites (N-methyl/N-ethyl adjacent to an activating group) is 2. The molecule has 30 heavy (non-hydrogen) atoms. The lowest BCUT2D eigenvalue weighted by Gasteiger charge is -2.24. The molecule has 1 amide bonds. The summed E-state index contributed by atoms with van der Waals surface area (Å²) in [6, 6.07) is 3.20. The van der Waals surface area contributed by atoms with Crippen molar-refractivity contribution in [3.8, 4) is 5.75 Å². The molecule has 0 saturated carbocycles. The minimum Gasteiger partial charge on any atom is -0.496 e. The first-order chi connectivity index (χ1) is 14.1. The number of methoxy groups -OCH3 is 1. The number of hydrogen-bond donors (Lipinski definition) is 4. The van der Waals surface area contributed by atoms with E-state index in [9.17, 15) is 14.4 Å². The van der Waals surface area contributed by atoms with E-state index in [4.69, 9.17) is 32.3 Å². The molecule has 0 bridgehead atoms. The summed E-state index contributed by atoms with van der Waals surface area (Å²) in [6.07, 6.45) is 1.12. The van der Waals surface area contributed by atoms with Crippen molar-refractivity contribution in [1.82, 2.24) is 15.3 Å². The predicted octanol–water partition coefficient (Wildman–Crippen LogP) is 1.31. The van der Waals surface area contributed by atoms with Gasteiger partial charge >= 0.3 is 11.9 Å². The van der Waals surface area contributed by atoms with Crippen LogP contribution in [0.3, 0.4) is 0 Å². The molecule has 5 N–H and O–H groups in total. The molecule has 0 aliphatic carbocycles. The first-order valence-electron chi connectivity index (χ1n) is 9.20. The molecule has 0 unspecified atom stereocenters. The Balaban J connectivity index is 0.000000479. The molecule has 1 saturated heterocycles. The minimum atomic E-state index is -1.26. The second-order valence-corrected chi connectivity index (χ2v) is 6.67. The Morgan fingerprint density at radius 1 is 1.17 bits per heavy atom. The molecule has 1 aromatic carbocycles. The van der Waals surface area contributed by atoms with Crippen LogP contribution in [0.4, 0.5) is 5.69 Å². The molecule has 1 aliphatic heterocycles. The number of nitrogens with zero attached hydrogens (tertiary/aromatic N) is 2. The lowest BCUT2D eigenvalue weighted by molar-refractivity contribution is -0.134. The molecule has 1 aliphatic rings. The Bertz CT molecular complexity index is 773. The number of nitrogens with two attached hydrogens (primary N) is 1. The zero-order chi connectivity index (χ0) is 22.8. The maximum absolute atomic E-state index is 12.5. The Kier molecular flexibility index (Phi) is 10.1. The van der Waals surface area contributed by atoms with Crippen molar-refractivity contribution in [1.29, 1.82) is 0 Å². The molecule has 0 radical (unpaired) electrons. The molecule has 2 rings (SSSR count). The van der Waals surface area contributed by atoms with Crippen molar-refractivity contribution < 1.29 is 29.3 Å². The van der Waals surface area contributed by atoms with E-state index in [-0.39, 0.29) is 11.9 Å². The lowest BCUT2D eigenvalue weighted by Crippen LogP contribution is -2.38. The van der Waals surface area contributed by atoms with Gasteiger partial charge in [0.2, 0.25) is 0 Å². The van der Waals surface area contributed by atoms with Gasteiger partial charge in [0.1, 0.15) is 5.75 Å². The number of hydrazine groups is 1. The number of halogens is 1. The summed E-state index contributed by atoms with van der Waals surface area (Å²) in [5.41, 5.74) is 6.54. The summed E-state index contributed by atoms with van der Waals surface area (Å²) in [4.78, 5) is 31.6. The summed E-state index contributed by atoms with van der Waals surface area (Å²) in [7, 11) is 1.51. The number of aliphatic carboxylic acids is 2. The van der Waals surface area contributed by atoms with Gasteiger partial charge in [-0.15, -0.1) is 0 Å². The molecule has 1 heterocycles. The van der Waals surface area contributed by atoms with E-state index in [2.05, 4.69) is 29.2 Å². The lowest BCUT2D eigenvalue weighted by atomic mass is 10.1. The third-order valence-corrected chi connectivity index (χ3v) is 4.59. The number of hydrogen-bond acceptors (Lipinski definition) is 7. The normalized spacial score (nSPS) is 14.9. The molecule has 11 heteroatoms. The topological polar surface area (TPSA) is 145 Å². The monoisotopic (exact) mass is 442 g/mol. The average molecular weight is 443 g/mol. The molecule has 1 fully saturated rings. The number of ether oxygens (including phenoxy) is 1. The summed E-state index contributed by atoms with van der Waals surface area (Å²) in [5, 5.41) is 23.5. The highest BCUT2D eigenvalue weighted by atomic mass is 35.5. The smallest absolute Gasteiger partial charge is 0.328 e. The standard InChI is InChI=1S/C15H23ClN4O2.C4H4O4/c1-4-19-8-10(9-20(19)5-2)18-15(21)11-6-12(16)13(17)7-14(11)22-3;5-3(6)1-2-4(7)8/h6-7,10H,4-5,8-9,17H2,1-3H3,(H,18,21);1-2H,(H,5,6)(H,7,8). The molecule has 166 valence electrons. The predicted molar refractivity (Wildman–Crippen MR) is 113 cm³/mol. The number of nitrogens with one attached hydrogen (secondary N) is 1. The molecule has 10 nitrogen and oxygen atoms in total. The number of carboxylic acids is 2. The van der Waals surface area contributed by atoms with E-state index in [1.165, 1.54) is 7.11 Å². The molecular weight excluding hydrogens is 416 g/mol. The van der Waals surface area contributed by atoms with Crippen molar-refractivity contribution in [2.75, 3.05) is 39.0 Å². The largest absolute Gasteiger partial charge is 0.496 e. The third-order valence-electron chi connectivity index (χ3n) is 4.26. The number of carbonyl (C=O) groups is 3. The van der Waals surface area contributed by atoms with Gasteiger partial charge in [0.05, 0.1) is 29.4 Å². The van der Waals surface area contributed by atoms with Crippen molar-refractivity contribution in [3.63, 3.8) is 0 Å². The fourth-order valence-corrected chi connectivity index (χ4v) is 3.03. The van der Waals surface area contributed by atoms with Crippen LogP contribution in [0.2, 0.25) is 5.02 Å². The second-order valence-electron chi connectivity index (χ2n) is 6.26. The third kappa shape index (κ3) is 7.54. The molecule has 1 aromatic rings. The highest BCUT2D eigenvalue weighted by Gasteiger charge is 2.29. The van der Waals surface area contributed by atoms with Crippen LogP contribution in [0.5, 0.6) is 5.75 Å². The van der Waals surface area contributed by atoms with Gasteiger partial charge in [-0.25, -0.2) is 19.6 Å². The first kappa shape index (κ1) is 25.2. The summed E-state index contributed by atoms with van der Waals surface area (Å²) in [6.45, 7) is 7.68. The van der Waals surface area contributed by atoms with Crippen molar-refractivity contribution in [3.05, 3.63) is 34.9 Å². The van der Waals surface area contributed by atoms with Gasteiger partial charge in [-0.05, 0) is 6.07 Å². The Hall–Kier alpha value is -2.82. The second kappa shape index (κ2) is 12.0. The van der Waals surface area contributed by atoms with Crippen LogP contribution in [0, 0.1) is 0 Å². The Morgan fingerprint density at radius 3 is 2.07 bits per heavy atom.